The van der Waals surface area contributed by atoms with Gasteiger partial charge in [-0.1, -0.05) is 32.1 Å². The van der Waals surface area contributed by atoms with Gasteiger partial charge < -0.3 is 4.90 Å². The molecule has 1 heterocycles. The van der Waals surface area contributed by atoms with Crippen molar-refractivity contribution in [1.82, 2.24) is 14.7 Å². The first-order valence-corrected chi connectivity index (χ1v) is 7.36. The number of aromatic nitrogens is 2. The largest absolute Gasteiger partial charge is 0.341 e. The average molecular weight is 263 g/mol. The maximum atomic E-state index is 12.1. The third-order valence-electron chi connectivity index (χ3n) is 4.10. The zero-order valence-corrected chi connectivity index (χ0v) is 12.1. The van der Waals surface area contributed by atoms with Crippen LogP contribution in [0.2, 0.25) is 0 Å². The molecular weight excluding hydrogens is 238 g/mol. The molecule has 106 valence electrons. The van der Waals surface area contributed by atoms with E-state index in [0.717, 1.165) is 17.9 Å². The number of rotatable bonds is 5. The summed E-state index contributed by atoms with van der Waals surface area (Å²) in [6, 6.07) is 0. The van der Waals surface area contributed by atoms with Crippen LogP contribution in [0.4, 0.5) is 0 Å². The number of hydrogen-bond acceptors (Lipinski definition) is 2. The number of hydrogen-bond donors (Lipinski definition) is 0. The smallest absolute Gasteiger partial charge is 0.222 e. The minimum atomic E-state index is 0.259. The first-order valence-electron chi connectivity index (χ1n) is 7.36. The minimum absolute atomic E-state index is 0.259. The molecule has 0 atom stereocenters. The van der Waals surface area contributed by atoms with Gasteiger partial charge in [-0.05, 0) is 12.3 Å². The summed E-state index contributed by atoms with van der Waals surface area (Å²) in [7, 11) is 3.78. The first-order chi connectivity index (χ1) is 9.15. The Morgan fingerprint density at radius 3 is 2.79 bits per heavy atom. The van der Waals surface area contributed by atoms with E-state index < -0.39 is 0 Å². The third-order valence-corrected chi connectivity index (χ3v) is 4.10. The molecule has 4 nitrogen and oxygen atoms in total. The van der Waals surface area contributed by atoms with Crippen LogP contribution < -0.4 is 0 Å². The highest BCUT2D eigenvalue weighted by atomic mass is 16.2. The van der Waals surface area contributed by atoms with Crippen molar-refractivity contribution in [3.8, 4) is 0 Å². The van der Waals surface area contributed by atoms with Crippen molar-refractivity contribution >= 4 is 5.91 Å². The summed E-state index contributed by atoms with van der Waals surface area (Å²) in [6.45, 7) is 0.664. The maximum absolute atomic E-state index is 12.1. The van der Waals surface area contributed by atoms with E-state index in [4.69, 9.17) is 0 Å². The van der Waals surface area contributed by atoms with E-state index in [2.05, 4.69) is 5.10 Å². The number of nitrogens with zero attached hydrogens (tertiary/aromatic N) is 3. The molecule has 1 saturated carbocycles. The fraction of sp³-hybridized carbons (Fsp3) is 0.733. The Morgan fingerprint density at radius 1 is 1.42 bits per heavy atom. The van der Waals surface area contributed by atoms with Crippen molar-refractivity contribution in [3.05, 3.63) is 18.0 Å². The lowest BCUT2D eigenvalue weighted by molar-refractivity contribution is -0.130. The van der Waals surface area contributed by atoms with Crippen molar-refractivity contribution in [3.63, 3.8) is 0 Å². The monoisotopic (exact) mass is 263 g/mol. The van der Waals surface area contributed by atoms with Gasteiger partial charge in [-0.2, -0.15) is 5.10 Å². The fourth-order valence-electron chi connectivity index (χ4n) is 2.91. The summed E-state index contributed by atoms with van der Waals surface area (Å²) in [5.41, 5.74) is 1.09. The van der Waals surface area contributed by atoms with Gasteiger partial charge in [0.25, 0.3) is 0 Å². The van der Waals surface area contributed by atoms with Crippen molar-refractivity contribution < 1.29 is 4.79 Å². The SMILES string of the molecule is CN(Cc1cnn(C)c1)C(=O)CCC1CCCCC1. The molecule has 0 saturated heterocycles. The van der Waals surface area contributed by atoms with Crippen molar-refractivity contribution in [2.75, 3.05) is 7.05 Å². The fourth-order valence-corrected chi connectivity index (χ4v) is 2.91. The van der Waals surface area contributed by atoms with Crippen LogP contribution in [0.3, 0.4) is 0 Å². The molecule has 1 aliphatic rings. The van der Waals surface area contributed by atoms with Gasteiger partial charge in [0.05, 0.1) is 6.20 Å². The van der Waals surface area contributed by atoms with Crippen LogP contribution in [0.25, 0.3) is 0 Å². The molecule has 0 bridgehead atoms. The summed E-state index contributed by atoms with van der Waals surface area (Å²) in [5, 5.41) is 4.13. The molecule has 0 unspecified atom stereocenters. The molecular formula is C15H25N3O. The highest BCUT2D eigenvalue weighted by molar-refractivity contribution is 5.75. The van der Waals surface area contributed by atoms with Gasteiger partial charge in [0, 0.05) is 38.8 Å². The van der Waals surface area contributed by atoms with Gasteiger partial charge >= 0.3 is 0 Å². The Kier molecular flexibility index (Phi) is 5.00. The number of aryl methyl sites for hydroxylation is 1. The van der Waals surface area contributed by atoms with Gasteiger partial charge in [-0.3, -0.25) is 9.48 Å². The summed E-state index contributed by atoms with van der Waals surface area (Å²) < 4.78 is 1.77. The van der Waals surface area contributed by atoms with Crippen LogP contribution in [-0.4, -0.2) is 27.6 Å². The molecule has 1 aromatic rings. The zero-order chi connectivity index (χ0) is 13.7. The van der Waals surface area contributed by atoms with Gasteiger partial charge in [-0.25, -0.2) is 0 Å². The van der Waals surface area contributed by atoms with Gasteiger partial charge in [-0.15, -0.1) is 0 Å². The summed E-state index contributed by atoms with van der Waals surface area (Å²) in [5.74, 6) is 1.04. The second kappa shape index (κ2) is 6.73. The molecule has 0 N–H and O–H groups in total. The molecule has 1 fully saturated rings. The normalized spacial score (nSPS) is 16.5. The van der Waals surface area contributed by atoms with E-state index in [0.29, 0.717) is 13.0 Å². The van der Waals surface area contributed by atoms with Gasteiger partial charge in [0.15, 0.2) is 0 Å². The van der Waals surface area contributed by atoms with E-state index >= 15 is 0 Å². The van der Waals surface area contributed by atoms with Gasteiger partial charge in [0.1, 0.15) is 0 Å². The predicted molar refractivity (Wildman–Crippen MR) is 75.5 cm³/mol. The van der Waals surface area contributed by atoms with Gasteiger partial charge in [0.2, 0.25) is 5.91 Å². The quantitative estimate of drug-likeness (QED) is 0.819. The standard InChI is InChI=1S/C15H25N3O/c1-17(11-14-10-16-18(2)12-14)15(19)9-8-13-6-4-3-5-7-13/h10,12-13H,3-9,11H2,1-2H3. The van der Waals surface area contributed by atoms with Crippen molar-refractivity contribution in [1.29, 1.82) is 0 Å². The van der Waals surface area contributed by atoms with Crippen LogP contribution >= 0.6 is 0 Å². The third kappa shape index (κ3) is 4.37. The second-order valence-electron chi connectivity index (χ2n) is 5.81. The summed E-state index contributed by atoms with van der Waals surface area (Å²) in [6.07, 6.45) is 12.3. The average Bonchev–Trinajstić information content (AvgIpc) is 2.82. The molecule has 0 radical (unpaired) electrons. The first kappa shape index (κ1) is 14.1. The molecule has 1 amide bonds. The number of carbonyl (C=O) groups excluding carboxylic acids is 1. The van der Waals surface area contributed by atoms with E-state index in [1.807, 2.05) is 31.4 Å². The van der Waals surface area contributed by atoms with E-state index in [-0.39, 0.29) is 5.91 Å². The molecule has 0 aromatic carbocycles. The topological polar surface area (TPSA) is 38.1 Å². The summed E-state index contributed by atoms with van der Waals surface area (Å²) >= 11 is 0. The Hall–Kier alpha value is -1.32. The highest BCUT2D eigenvalue weighted by Crippen LogP contribution is 2.27. The second-order valence-corrected chi connectivity index (χ2v) is 5.81. The van der Waals surface area contributed by atoms with E-state index in [9.17, 15) is 4.79 Å². The van der Waals surface area contributed by atoms with Crippen LogP contribution in [0, 0.1) is 5.92 Å². The highest BCUT2D eigenvalue weighted by Gasteiger charge is 2.16. The Morgan fingerprint density at radius 2 is 2.16 bits per heavy atom. The van der Waals surface area contributed by atoms with E-state index in [1.165, 1.54) is 32.1 Å². The predicted octanol–water partition coefficient (Wildman–Crippen LogP) is 2.74. The number of amides is 1. The Bertz CT molecular complexity index is 407. The molecule has 4 heteroatoms. The minimum Gasteiger partial charge on any atom is -0.341 e. The molecule has 0 aliphatic heterocycles. The van der Waals surface area contributed by atoms with Crippen LogP contribution in [0.15, 0.2) is 12.4 Å². The Labute approximate surface area is 115 Å². The summed E-state index contributed by atoms with van der Waals surface area (Å²) in [4.78, 5) is 13.9. The zero-order valence-electron chi connectivity index (χ0n) is 12.1. The van der Waals surface area contributed by atoms with Crippen molar-refractivity contribution in [2.24, 2.45) is 13.0 Å². The van der Waals surface area contributed by atoms with Crippen LogP contribution in [-0.2, 0) is 18.4 Å². The molecule has 0 spiro atoms. The lowest BCUT2D eigenvalue weighted by Crippen LogP contribution is -2.26. The van der Waals surface area contributed by atoms with Crippen molar-refractivity contribution in [2.45, 2.75) is 51.5 Å². The lowest BCUT2D eigenvalue weighted by atomic mass is 9.86. The van der Waals surface area contributed by atoms with Crippen LogP contribution in [0.5, 0.6) is 0 Å². The molecule has 19 heavy (non-hydrogen) atoms. The maximum Gasteiger partial charge on any atom is 0.222 e. The molecule has 1 aliphatic carbocycles. The lowest BCUT2D eigenvalue weighted by Gasteiger charge is -2.22. The molecule has 1 aromatic heterocycles. The van der Waals surface area contributed by atoms with E-state index in [1.54, 1.807) is 4.68 Å². The Balaban J connectivity index is 1.72. The van der Waals surface area contributed by atoms with Crippen LogP contribution in [0.1, 0.15) is 50.5 Å². The molecule has 2 rings (SSSR count). The number of carbonyl (C=O) groups is 1.